The molecule has 1 amide bonds. The van der Waals surface area contributed by atoms with Gasteiger partial charge < -0.3 is 20.2 Å². The maximum absolute atomic E-state index is 13.0. The summed E-state index contributed by atoms with van der Waals surface area (Å²) in [5.41, 5.74) is 5.10. The Morgan fingerprint density at radius 3 is 2.38 bits per heavy atom. The second kappa shape index (κ2) is 12.7. The van der Waals surface area contributed by atoms with Crippen molar-refractivity contribution in [3.05, 3.63) is 118 Å². The standard InChI is InChI=1S/C32H30N4O3/c1-21-3-9-25(10-4-21)22(2)35-19-29-13-14-31(39-29)30-16-26(11-12-27(30)18-34)32(38)36-28(20-37)15-23-5-7-24(17-33)8-6-23/h3-14,16,22,28,35,37H,15,19-20H2,1-2H3,(H,36,38). The van der Waals surface area contributed by atoms with Gasteiger partial charge in [0.25, 0.3) is 5.91 Å². The molecule has 2 unspecified atom stereocenters. The third-order valence-corrected chi connectivity index (χ3v) is 6.61. The average Bonchev–Trinajstić information content (AvgIpc) is 3.44. The van der Waals surface area contributed by atoms with E-state index >= 15 is 0 Å². The van der Waals surface area contributed by atoms with Crippen molar-refractivity contribution in [2.75, 3.05) is 6.61 Å². The quantitative estimate of drug-likeness (QED) is 0.266. The predicted octanol–water partition coefficient (Wildman–Crippen LogP) is 5.18. The average molecular weight is 519 g/mol. The number of nitriles is 2. The van der Waals surface area contributed by atoms with Crippen LogP contribution in [0.1, 0.15) is 56.9 Å². The normalized spacial score (nSPS) is 12.2. The largest absolute Gasteiger partial charge is 0.460 e. The molecule has 0 fully saturated rings. The number of hydrogen-bond donors (Lipinski definition) is 3. The van der Waals surface area contributed by atoms with Crippen LogP contribution in [0.2, 0.25) is 0 Å². The van der Waals surface area contributed by atoms with Crippen LogP contribution >= 0.6 is 0 Å². The van der Waals surface area contributed by atoms with Gasteiger partial charge >= 0.3 is 0 Å². The van der Waals surface area contributed by atoms with Crippen molar-refractivity contribution >= 4 is 5.91 Å². The fourth-order valence-electron chi connectivity index (χ4n) is 4.26. The van der Waals surface area contributed by atoms with Crippen LogP contribution in [-0.2, 0) is 13.0 Å². The zero-order chi connectivity index (χ0) is 27.8. The Labute approximate surface area is 228 Å². The fraction of sp³-hybridized carbons (Fsp3) is 0.219. The first kappa shape index (κ1) is 27.3. The summed E-state index contributed by atoms with van der Waals surface area (Å²) in [6.45, 7) is 4.41. The van der Waals surface area contributed by atoms with Crippen LogP contribution in [0.25, 0.3) is 11.3 Å². The van der Waals surface area contributed by atoms with E-state index in [-0.39, 0.29) is 18.6 Å². The molecular formula is C32H30N4O3. The van der Waals surface area contributed by atoms with Crippen molar-refractivity contribution in [2.24, 2.45) is 0 Å². The second-order valence-corrected chi connectivity index (χ2v) is 9.52. The Kier molecular flexibility index (Phi) is 8.91. The van der Waals surface area contributed by atoms with E-state index in [1.807, 2.05) is 6.07 Å². The van der Waals surface area contributed by atoms with E-state index in [4.69, 9.17) is 9.68 Å². The van der Waals surface area contributed by atoms with Crippen molar-refractivity contribution < 1.29 is 14.3 Å². The number of amides is 1. The van der Waals surface area contributed by atoms with E-state index in [1.165, 1.54) is 11.1 Å². The summed E-state index contributed by atoms with van der Waals surface area (Å²) in [5.74, 6) is 0.844. The highest BCUT2D eigenvalue weighted by molar-refractivity contribution is 5.96. The number of carbonyl (C=O) groups is 1. The van der Waals surface area contributed by atoms with E-state index in [0.717, 1.165) is 5.56 Å². The number of nitrogens with one attached hydrogen (secondary N) is 2. The first-order valence-corrected chi connectivity index (χ1v) is 12.7. The van der Waals surface area contributed by atoms with Gasteiger partial charge in [-0.05, 0) is 73.9 Å². The molecule has 0 bridgehead atoms. The summed E-state index contributed by atoms with van der Waals surface area (Å²) in [5, 5.41) is 34.8. The summed E-state index contributed by atoms with van der Waals surface area (Å²) in [4.78, 5) is 13.0. The summed E-state index contributed by atoms with van der Waals surface area (Å²) in [6.07, 6.45) is 0.409. The Balaban J connectivity index is 1.44. The summed E-state index contributed by atoms with van der Waals surface area (Å²) in [6, 6.07) is 27.7. The molecule has 0 aliphatic heterocycles. The first-order valence-electron chi connectivity index (χ1n) is 12.7. The lowest BCUT2D eigenvalue weighted by Crippen LogP contribution is -2.39. The zero-order valence-corrected chi connectivity index (χ0v) is 21.9. The SMILES string of the molecule is Cc1ccc(C(C)NCc2ccc(-c3cc(C(=O)NC(CO)Cc4ccc(C#N)cc4)ccc3C#N)o2)cc1. The first-order chi connectivity index (χ1) is 18.9. The van der Waals surface area contributed by atoms with E-state index < -0.39 is 6.04 Å². The highest BCUT2D eigenvalue weighted by atomic mass is 16.3. The Morgan fingerprint density at radius 2 is 1.72 bits per heavy atom. The van der Waals surface area contributed by atoms with Gasteiger partial charge in [-0.1, -0.05) is 42.0 Å². The van der Waals surface area contributed by atoms with Crippen LogP contribution in [0.3, 0.4) is 0 Å². The van der Waals surface area contributed by atoms with Gasteiger partial charge in [-0.25, -0.2) is 0 Å². The summed E-state index contributed by atoms with van der Waals surface area (Å²) >= 11 is 0. The van der Waals surface area contributed by atoms with Crippen molar-refractivity contribution in [2.45, 2.75) is 38.9 Å². The number of nitrogens with zero attached hydrogens (tertiary/aromatic N) is 2. The van der Waals surface area contributed by atoms with Crippen LogP contribution in [0, 0.1) is 29.6 Å². The van der Waals surface area contributed by atoms with Crippen LogP contribution < -0.4 is 10.6 Å². The number of rotatable bonds is 10. The Hall–Kier alpha value is -4.69. The third-order valence-electron chi connectivity index (χ3n) is 6.61. The Bertz CT molecular complexity index is 1510. The third kappa shape index (κ3) is 7.00. The van der Waals surface area contributed by atoms with Gasteiger partial charge in [-0.15, -0.1) is 0 Å². The second-order valence-electron chi connectivity index (χ2n) is 9.52. The van der Waals surface area contributed by atoms with Gasteiger partial charge in [0, 0.05) is 17.2 Å². The molecule has 7 heteroatoms. The summed E-state index contributed by atoms with van der Waals surface area (Å²) in [7, 11) is 0. The molecule has 1 aromatic heterocycles. The molecule has 196 valence electrons. The lowest BCUT2D eigenvalue weighted by Gasteiger charge is -2.17. The lowest BCUT2D eigenvalue weighted by molar-refractivity contribution is 0.0916. The van der Waals surface area contributed by atoms with Crippen LogP contribution in [0.4, 0.5) is 0 Å². The van der Waals surface area contributed by atoms with Crippen molar-refractivity contribution in [1.82, 2.24) is 10.6 Å². The monoisotopic (exact) mass is 518 g/mol. The molecule has 3 N–H and O–H groups in total. The van der Waals surface area contributed by atoms with Crippen molar-refractivity contribution in [1.29, 1.82) is 10.5 Å². The number of aliphatic hydroxyl groups excluding tert-OH is 1. The molecule has 4 aromatic rings. The van der Waals surface area contributed by atoms with Crippen molar-refractivity contribution in [3.63, 3.8) is 0 Å². The van der Waals surface area contributed by atoms with Crippen LogP contribution in [0.5, 0.6) is 0 Å². The number of carbonyl (C=O) groups excluding carboxylic acids is 1. The minimum atomic E-state index is -0.513. The lowest BCUT2D eigenvalue weighted by atomic mass is 10.0. The van der Waals surface area contributed by atoms with Gasteiger partial charge in [0.2, 0.25) is 0 Å². The molecule has 0 aliphatic carbocycles. The van der Waals surface area contributed by atoms with Crippen molar-refractivity contribution in [3.8, 4) is 23.5 Å². The number of hydrogen-bond acceptors (Lipinski definition) is 6. The molecule has 0 saturated heterocycles. The number of benzene rings is 3. The molecule has 0 aliphatic rings. The maximum atomic E-state index is 13.0. The molecule has 1 heterocycles. The van der Waals surface area contributed by atoms with Gasteiger partial charge in [0.15, 0.2) is 0 Å². The van der Waals surface area contributed by atoms with Gasteiger partial charge in [-0.3, -0.25) is 4.79 Å². The van der Waals surface area contributed by atoms with Crippen LogP contribution in [0.15, 0.2) is 83.3 Å². The van der Waals surface area contributed by atoms with E-state index in [1.54, 1.807) is 48.5 Å². The molecule has 4 rings (SSSR count). The van der Waals surface area contributed by atoms with Gasteiger partial charge in [-0.2, -0.15) is 10.5 Å². The molecule has 0 spiro atoms. The molecule has 3 aromatic carbocycles. The van der Waals surface area contributed by atoms with Crippen LogP contribution in [-0.4, -0.2) is 23.7 Å². The smallest absolute Gasteiger partial charge is 0.251 e. The number of aryl methyl sites for hydroxylation is 1. The van der Waals surface area contributed by atoms with E-state index in [2.05, 4.69) is 60.9 Å². The molecule has 0 radical (unpaired) electrons. The van der Waals surface area contributed by atoms with Gasteiger partial charge in [0.1, 0.15) is 11.5 Å². The maximum Gasteiger partial charge on any atom is 0.251 e. The predicted molar refractivity (Wildman–Crippen MR) is 148 cm³/mol. The van der Waals surface area contributed by atoms with E-state index in [0.29, 0.717) is 46.7 Å². The summed E-state index contributed by atoms with van der Waals surface area (Å²) < 4.78 is 6.04. The van der Waals surface area contributed by atoms with E-state index in [9.17, 15) is 15.2 Å². The molecule has 0 saturated carbocycles. The number of aliphatic hydroxyl groups is 1. The number of furan rings is 1. The fourth-order valence-corrected chi connectivity index (χ4v) is 4.26. The topological polar surface area (TPSA) is 122 Å². The zero-order valence-electron chi connectivity index (χ0n) is 21.9. The molecule has 2 atom stereocenters. The minimum Gasteiger partial charge on any atom is -0.460 e. The molecular weight excluding hydrogens is 488 g/mol. The molecule has 39 heavy (non-hydrogen) atoms. The van der Waals surface area contributed by atoms with Gasteiger partial charge in [0.05, 0.1) is 42.5 Å². The highest BCUT2D eigenvalue weighted by Crippen LogP contribution is 2.27. The highest BCUT2D eigenvalue weighted by Gasteiger charge is 2.18. The molecule has 7 nitrogen and oxygen atoms in total. The Morgan fingerprint density at radius 1 is 0.974 bits per heavy atom. The minimum absolute atomic E-state index is 0.129.